The molecular weight excluding hydrogens is 464 g/mol. The predicted molar refractivity (Wildman–Crippen MR) is 123 cm³/mol. The summed E-state index contributed by atoms with van der Waals surface area (Å²) in [6.45, 7) is 3.49. The number of carbonyl (C=O) groups is 5. The molecule has 0 bridgehead atoms. The summed E-state index contributed by atoms with van der Waals surface area (Å²) in [5.74, 6) is -1.97. The number of hydrogen-bond acceptors (Lipinski definition) is 9. The molecule has 5 amide bonds. The fourth-order valence-corrected chi connectivity index (χ4v) is 3.12. The Balaban J connectivity index is 2.33. The van der Waals surface area contributed by atoms with Crippen molar-refractivity contribution in [1.29, 1.82) is 0 Å². The van der Waals surface area contributed by atoms with Crippen molar-refractivity contribution in [1.82, 2.24) is 20.4 Å². The van der Waals surface area contributed by atoms with Crippen LogP contribution in [0.4, 0.5) is 0 Å². The Hall–Kier alpha value is -2.61. The molecule has 0 spiro atoms. The van der Waals surface area contributed by atoms with Crippen molar-refractivity contribution < 1.29 is 42.9 Å². The molecule has 1 unspecified atom stereocenters. The molecule has 35 heavy (non-hydrogen) atoms. The highest BCUT2D eigenvalue weighted by molar-refractivity contribution is 6.03. The van der Waals surface area contributed by atoms with Crippen LogP contribution in [0.3, 0.4) is 0 Å². The Kier molecular flexibility index (Phi) is 15.4. The van der Waals surface area contributed by atoms with Gasteiger partial charge in [0.1, 0.15) is 6.61 Å². The summed E-state index contributed by atoms with van der Waals surface area (Å²) in [4.78, 5) is 62.7. The number of rotatable bonds is 19. The van der Waals surface area contributed by atoms with E-state index in [4.69, 9.17) is 18.9 Å². The molecule has 1 aliphatic heterocycles. The molecule has 1 rings (SSSR count). The van der Waals surface area contributed by atoms with Crippen molar-refractivity contribution in [3.8, 4) is 0 Å². The lowest BCUT2D eigenvalue weighted by Crippen LogP contribution is -2.45. The molecule has 0 saturated carbocycles. The third kappa shape index (κ3) is 12.6. The minimum Gasteiger partial charge on any atom is -0.382 e. The summed E-state index contributed by atoms with van der Waals surface area (Å²) in [6.07, 6.45) is 0.164. The Morgan fingerprint density at radius 2 is 1.57 bits per heavy atom. The molecule has 0 radical (unpaired) electrons. The third-order valence-corrected chi connectivity index (χ3v) is 5.08. The van der Waals surface area contributed by atoms with Gasteiger partial charge in [0.15, 0.2) is 0 Å². The van der Waals surface area contributed by atoms with Crippen molar-refractivity contribution in [2.75, 3.05) is 86.6 Å². The number of nitrogens with zero attached hydrogens (tertiary/aromatic N) is 2. The van der Waals surface area contributed by atoms with Gasteiger partial charge in [-0.1, -0.05) is 6.92 Å². The van der Waals surface area contributed by atoms with Gasteiger partial charge in [0, 0.05) is 59.2 Å². The van der Waals surface area contributed by atoms with Gasteiger partial charge in [0.05, 0.1) is 39.6 Å². The largest absolute Gasteiger partial charge is 0.382 e. The second-order valence-electron chi connectivity index (χ2n) is 7.90. The SMILES string of the molecule is COCCOCCN(CC(=O)NCCNC(=O)CCN1C(=O)CC(C)C1=O)C(=O)COCCOC. The molecule has 13 nitrogen and oxygen atoms in total. The molecule has 0 aliphatic carbocycles. The second kappa shape index (κ2) is 17.8. The van der Waals surface area contributed by atoms with Crippen LogP contribution in [0.25, 0.3) is 0 Å². The lowest BCUT2D eigenvalue weighted by atomic mass is 10.1. The normalized spacial score (nSPS) is 15.4. The van der Waals surface area contributed by atoms with E-state index in [1.807, 2.05) is 0 Å². The van der Waals surface area contributed by atoms with Crippen molar-refractivity contribution in [3.05, 3.63) is 0 Å². The first-order chi connectivity index (χ1) is 16.8. The third-order valence-electron chi connectivity index (χ3n) is 5.08. The highest BCUT2D eigenvalue weighted by Crippen LogP contribution is 2.18. The first-order valence-electron chi connectivity index (χ1n) is 11.6. The molecule has 1 atom stereocenters. The zero-order valence-electron chi connectivity index (χ0n) is 20.8. The molecule has 1 saturated heterocycles. The van der Waals surface area contributed by atoms with Crippen molar-refractivity contribution in [2.45, 2.75) is 19.8 Å². The van der Waals surface area contributed by atoms with Crippen LogP contribution < -0.4 is 10.6 Å². The average Bonchev–Trinajstić information content (AvgIpc) is 3.07. The van der Waals surface area contributed by atoms with E-state index in [9.17, 15) is 24.0 Å². The Morgan fingerprint density at radius 1 is 0.943 bits per heavy atom. The van der Waals surface area contributed by atoms with Crippen LogP contribution in [0.1, 0.15) is 19.8 Å². The van der Waals surface area contributed by atoms with Crippen LogP contribution in [0.2, 0.25) is 0 Å². The van der Waals surface area contributed by atoms with Crippen LogP contribution in [0, 0.1) is 5.92 Å². The quantitative estimate of drug-likeness (QED) is 0.153. The maximum Gasteiger partial charge on any atom is 0.249 e. The van der Waals surface area contributed by atoms with E-state index in [0.29, 0.717) is 19.8 Å². The number of nitrogens with one attached hydrogen (secondary N) is 2. The summed E-state index contributed by atoms with van der Waals surface area (Å²) in [5.41, 5.74) is 0. The smallest absolute Gasteiger partial charge is 0.249 e. The van der Waals surface area contributed by atoms with E-state index in [1.54, 1.807) is 14.0 Å². The van der Waals surface area contributed by atoms with E-state index in [2.05, 4.69) is 10.6 Å². The molecular formula is C22H38N4O9. The van der Waals surface area contributed by atoms with Crippen LogP contribution >= 0.6 is 0 Å². The minimum atomic E-state index is -0.399. The van der Waals surface area contributed by atoms with Crippen molar-refractivity contribution in [3.63, 3.8) is 0 Å². The Bertz CT molecular complexity index is 704. The van der Waals surface area contributed by atoms with Crippen LogP contribution in [-0.2, 0) is 42.9 Å². The van der Waals surface area contributed by atoms with Crippen LogP contribution in [-0.4, -0.2) is 126 Å². The maximum atomic E-state index is 12.4. The number of carbonyl (C=O) groups excluding carboxylic acids is 5. The van der Waals surface area contributed by atoms with Gasteiger partial charge in [0.2, 0.25) is 29.5 Å². The molecule has 13 heteroatoms. The first kappa shape index (κ1) is 30.4. The molecule has 1 aliphatic rings. The number of ether oxygens (including phenoxy) is 4. The van der Waals surface area contributed by atoms with Crippen LogP contribution in [0.5, 0.6) is 0 Å². The highest BCUT2D eigenvalue weighted by atomic mass is 16.5. The molecule has 200 valence electrons. The van der Waals surface area contributed by atoms with Gasteiger partial charge >= 0.3 is 0 Å². The number of methoxy groups -OCH3 is 2. The average molecular weight is 503 g/mol. The molecule has 1 heterocycles. The Morgan fingerprint density at radius 3 is 2.17 bits per heavy atom. The van der Waals surface area contributed by atoms with Gasteiger partial charge in [-0.25, -0.2) is 0 Å². The summed E-state index contributed by atoms with van der Waals surface area (Å²) >= 11 is 0. The maximum absolute atomic E-state index is 12.4. The second-order valence-corrected chi connectivity index (χ2v) is 7.90. The van der Waals surface area contributed by atoms with Crippen molar-refractivity contribution >= 4 is 29.5 Å². The van der Waals surface area contributed by atoms with E-state index >= 15 is 0 Å². The topological polar surface area (TPSA) is 153 Å². The summed E-state index contributed by atoms with van der Waals surface area (Å²) in [5, 5.41) is 5.27. The fraction of sp³-hybridized carbons (Fsp3) is 0.773. The van der Waals surface area contributed by atoms with E-state index in [1.165, 1.54) is 12.0 Å². The standard InChI is InChI=1S/C22H38N4O9/c1-17-14-20(29)26(22(17)31)7-4-18(27)23-5-6-24-19(28)15-25(8-9-34-12-10-32-2)21(30)16-35-13-11-33-3/h17H,4-16H2,1-3H3,(H,23,27)(H,24,28). The zero-order chi connectivity index (χ0) is 26.1. The van der Waals surface area contributed by atoms with Gasteiger partial charge < -0.3 is 34.5 Å². The van der Waals surface area contributed by atoms with Gasteiger partial charge in [-0.05, 0) is 0 Å². The molecule has 0 aromatic carbocycles. The predicted octanol–water partition coefficient (Wildman–Crippen LogP) is -1.84. The Labute approximate surface area is 205 Å². The monoisotopic (exact) mass is 502 g/mol. The summed E-state index contributed by atoms with van der Waals surface area (Å²) in [6, 6.07) is 0. The number of hydrogen-bond donors (Lipinski definition) is 2. The first-order valence-corrected chi connectivity index (χ1v) is 11.6. The molecule has 2 N–H and O–H groups in total. The molecule has 0 aromatic rings. The molecule has 0 aromatic heterocycles. The zero-order valence-corrected chi connectivity index (χ0v) is 20.8. The van der Waals surface area contributed by atoms with Gasteiger partial charge in [-0.15, -0.1) is 0 Å². The minimum absolute atomic E-state index is 0.00737. The molecule has 1 fully saturated rings. The summed E-state index contributed by atoms with van der Waals surface area (Å²) in [7, 11) is 3.08. The fourth-order valence-electron chi connectivity index (χ4n) is 3.12. The van der Waals surface area contributed by atoms with E-state index < -0.39 is 5.91 Å². The van der Waals surface area contributed by atoms with Crippen molar-refractivity contribution in [2.24, 2.45) is 5.92 Å². The highest BCUT2D eigenvalue weighted by Gasteiger charge is 2.35. The van der Waals surface area contributed by atoms with E-state index in [0.717, 1.165) is 4.90 Å². The van der Waals surface area contributed by atoms with Gasteiger partial charge in [0.25, 0.3) is 0 Å². The number of imide groups is 1. The van der Waals surface area contributed by atoms with Crippen LogP contribution in [0.15, 0.2) is 0 Å². The number of likely N-dealkylation sites (tertiary alicyclic amines) is 1. The lowest BCUT2D eigenvalue weighted by molar-refractivity contribution is -0.141. The number of amides is 5. The summed E-state index contributed by atoms with van der Waals surface area (Å²) < 4.78 is 20.4. The van der Waals surface area contributed by atoms with Gasteiger partial charge in [-0.2, -0.15) is 0 Å². The van der Waals surface area contributed by atoms with E-state index in [-0.39, 0.29) is 94.9 Å². The van der Waals surface area contributed by atoms with Gasteiger partial charge in [-0.3, -0.25) is 28.9 Å². The lowest BCUT2D eigenvalue weighted by Gasteiger charge is -2.22.